The van der Waals surface area contributed by atoms with E-state index in [0.29, 0.717) is 24.8 Å². The van der Waals surface area contributed by atoms with Crippen LogP contribution in [0.2, 0.25) is 0 Å². The standard InChI is InChI=1S/C22H31N3O.HI/c1-4-16(2)18-10-12-21(13-11-18)25-22(23)24-15-20(14-17(3)26)19-8-6-5-7-9-19;/h5-13,16-17,20,26H,4,14-15H2,1-3H3,(H3,23,24,25);1H. The number of halogens is 1. The Hall–Kier alpha value is -1.60. The monoisotopic (exact) mass is 481 g/mol. The minimum absolute atomic E-state index is 0. The van der Waals surface area contributed by atoms with E-state index < -0.39 is 0 Å². The van der Waals surface area contributed by atoms with E-state index in [4.69, 9.17) is 5.73 Å². The number of aliphatic hydroxyl groups is 1. The third-order valence-electron chi connectivity index (χ3n) is 4.74. The number of anilines is 1. The summed E-state index contributed by atoms with van der Waals surface area (Å²) in [4.78, 5) is 4.50. The van der Waals surface area contributed by atoms with E-state index in [0.717, 1.165) is 12.1 Å². The fraction of sp³-hybridized carbons (Fsp3) is 0.409. The molecule has 0 radical (unpaired) electrons. The van der Waals surface area contributed by atoms with Gasteiger partial charge in [-0.25, -0.2) is 0 Å². The Balaban J connectivity index is 0.00000364. The lowest BCUT2D eigenvalue weighted by atomic mass is 9.93. The van der Waals surface area contributed by atoms with Crippen LogP contribution in [0.3, 0.4) is 0 Å². The third-order valence-corrected chi connectivity index (χ3v) is 4.74. The maximum absolute atomic E-state index is 9.78. The summed E-state index contributed by atoms with van der Waals surface area (Å²) in [5.41, 5.74) is 9.50. The van der Waals surface area contributed by atoms with Gasteiger partial charge in [-0.05, 0) is 48.9 Å². The van der Waals surface area contributed by atoms with Gasteiger partial charge < -0.3 is 16.2 Å². The Labute approximate surface area is 180 Å². The first-order valence-corrected chi connectivity index (χ1v) is 9.39. The maximum Gasteiger partial charge on any atom is 0.193 e. The lowest BCUT2D eigenvalue weighted by Gasteiger charge is -2.17. The Kier molecular flexibility index (Phi) is 10.4. The number of aliphatic imine (C=N–C) groups is 1. The summed E-state index contributed by atoms with van der Waals surface area (Å²) in [6.45, 7) is 6.76. The van der Waals surface area contributed by atoms with E-state index in [1.165, 1.54) is 11.1 Å². The van der Waals surface area contributed by atoms with Crippen molar-refractivity contribution < 1.29 is 5.11 Å². The molecular weight excluding hydrogens is 449 g/mol. The second kappa shape index (κ2) is 12.0. The normalized spacial score (nSPS) is 14.7. The lowest BCUT2D eigenvalue weighted by molar-refractivity contribution is 0.175. The second-order valence-corrected chi connectivity index (χ2v) is 6.97. The van der Waals surface area contributed by atoms with E-state index in [9.17, 15) is 5.11 Å². The average Bonchev–Trinajstić information content (AvgIpc) is 2.65. The molecule has 5 heteroatoms. The molecule has 0 aliphatic heterocycles. The zero-order valence-electron chi connectivity index (χ0n) is 16.4. The first-order chi connectivity index (χ1) is 12.5. The van der Waals surface area contributed by atoms with Crippen molar-refractivity contribution >= 4 is 35.6 Å². The molecule has 0 bridgehead atoms. The number of nitrogens with two attached hydrogens (primary N) is 1. The molecule has 0 aliphatic carbocycles. The van der Waals surface area contributed by atoms with Gasteiger partial charge in [0.05, 0.1) is 6.10 Å². The molecule has 0 fully saturated rings. The molecule has 4 nitrogen and oxygen atoms in total. The average molecular weight is 481 g/mol. The molecule has 3 atom stereocenters. The largest absolute Gasteiger partial charge is 0.393 e. The van der Waals surface area contributed by atoms with Crippen molar-refractivity contribution in [3.8, 4) is 0 Å². The van der Waals surface area contributed by atoms with Gasteiger partial charge in [-0.15, -0.1) is 24.0 Å². The highest BCUT2D eigenvalue weighted by atomic mass is 127. The van der Waals surface area contributed by atoms with Crippen LogP contribution in [-0.2, 0) is 0 Å². The van der Waals surface area contributed by atoms with Gasteiger partial charge in [0.1, 0.15) is 0 Å². The van der Waals surface area contributed by atoms with Crippen LogP contribution in [0.25, 0.3) is 0 Å². The van der Waals surface area contributed by atoms with Gasteiger partial charge in [-0.1, -0.05) is 56.3 Å². The summed E-state index contributed by atoms with van der Waals surface area (Å²) in [6.07, 6.45) is 1.41. The van der Waals surface area contributed by atoms with Crippen LogP contribution in [0.4, 0.5) is 5.69 Å². The van der Waals surface area contributed by atoms with E-state index in [2.05, 4.69) is 48.4 Å². The minimum atomic E-state index is -0.377. The maximum atomic E-state index is 9.78. The number of nitrogens with one attached hydrogen (secondary N) is 1. The fourth-order valence-electron chi connectivity index (χ4n) is 2.98. The molecule has 0 amide bonds. The lowest BCUT2D eigenvalue weighted by Crippen LogP contribution is -2.24. The van der Waals surface area contributed by atoms with Crippen molar-refractivity contribution in [1.82, 2.24) is 0 Å². The first-order valence-electron chi connectivity index (χ1n) is 9.39. The molecule has 27 heavy (non-hydrogen) atoms. The van der Waals surface area contributed by atoms with Gasteiger partial charge in [-0.3, -0.25) is 4.99 Å². The highest BCUT2D eigenvalue weighted by Crippen LogP contribution is 2.22. The predicted octanol–water partition coefficient (Wildman–Crippen LogP) is 5.10. The first kappa shape index (κ1) is 23.4. The summed E-state index contributed by atoms with van der Waals surface area (Å²) in [5, 5.41) is 12.9. The summed E-state index contributed by atoms with van der Waals surface area (Å²) >= 11 is 0. The van der Waals surface area contributed by atoms with Gasteiger partial charge in [0.25, 0.3) is 0 Å². The van der Waals surface area contributed by atoms with Gasteiger partial charge in [0.15, 0.2) is 5.96 Å². The molecular formula is C22H32IN3O. The smallest absolute Gasteiger partial charge is 0.193 e. The summed E-state index contributed by atoms with van der Waals surface area (Å²) < 4.78 is 0. The van der Waals surface area contributed by atoms with Crippen LogP contribution in [-0.4, -0.2) is 23.7 Å². The summed E-state index contributed by atoms with van der Waals surface area (Å²) in [5.74, 6) is 1.10. The minimum Gasteiger partial charge on any atom is -0.393 e. The zero-order valence-corrected chi connectivity index (χ0v) is 18.8. The van der Waals surface area contributed by atoms with Crippen LogP contribution < -0.4 is 11.1 Å². The van der Waals surface area contributed by atoms with Crippen molar-refractivity contribution in [2.45, 2.75) is 51.6 Å². The van der Waals surface area contributed by atoms with Gasteiger partial charge in [0.2, 0.25) is 0 Å². The SMILES string of the molecule is CCC(C)c1ccc(NC(N)=NCC(CC(C)O)c2ccccc2)cc1.I. The van der Waals surface area contributed by atoms with Crippen molar-refractivity contribution in [3.63, 3.8) is 0 Å². The molecule has 0 spiro atoms. The van der Waals surface area contributed by atoms with Gasteiger partial charge in [-0.2, -0.15) is 0 Å². The summed E-state index contributed by atoms with van der Waals surface area (Å²) in [7, 11) is 0. The number of nitrogens with zero attached hydrogens (tertiary/aromatic N) is 1. The zero-order chi connectivity index (χ0) is 18.9. The molecule has 0 saturated heterocycles. The Morgan fingerprint density at radius 3 is 2.22 bits per heavy atom. The molecule has 148 valence electrons. The second-order valence-electron chi connectivity index (χ2n) is 6.97. The van der Waals surface area contributed by atoms with Crippen LogP contribution in [0.5, 0.6) is 0 Å². The molecule has 0 aliphatic rings. The van der Waals surface area contributed by atoms with Crippen LogP contribution >= 0.6 is 24.0 Å². The number of aliphatic hydroxyl groups excluding tert-OH is 1. The topological polar surface area (TPSA) is 70.6 Å². The number of hydrogen-bond acceptors (Lipinski definition) is 2. The van der Waals surface area contributed by atoms with Gasteiger partial charge >= 0.3 is 0 Å². The van der Waals surface area contributed by atoms with Crippen molar-refractivity contribution in [1.29, 1.82) is 0 Å². The van der Waals surface area contributed by atoms with Crippen molar-refractivity contribution in [2.24, 2.45) is 10.7 Å². The van der Waals surface area contributed by atoms with Crippen LogP contribution in [0.1, 0.15) is 56.6 Å². The Morgan fingerprint density at radius 1 is 1.04 bits per heavy atom. The molecule has 0 aromatic heterocycles. The highest BCUT2D eigenvalue weighted by molar-refractivity contribution is 14.0. The number of guanidine groups is 1. The van der Waals surface area contributed by atoms with Crippen LogP contribution in [0.15, 0.2) is 59.6 Å². The summed E-state index contributed by atoms with van der Waals surface area (Å²) in [6, 6.07) is 18.5. The number of benzene rings is 2. The Morgan fingerprint density at radius 2 is 1.67 bits per heavy atom. The van der Waals surface area contributed by atoms with E-state index in [1.807, 2.05) is 30.3 Å². The molecule has 2 aromatic rings. The van der Waals surface area contributed by atoms with Gasteiger partial charge in [0, 0.05) is 18.2 Å². The van der Waals surface area contributed by atoms with E-state index in [-0.39, 0.29) is 36.0 Å². The van der Waals surface area contributed by atoms with Crippen LogP contribution in [0, 0.1) is 0 Å². The Bertz CT molecular complexity index is 686. The van der Waals surface area contributed by atoms with E-state index in [1.54, 1.807) is 6.92 Å². The molecule has 0 heterocycles. The molecule has 4 N–H and O–H groups in total. The number of rotatable bonds is 8. The quantitative estimate of drug-likeness (QED) is 0.279. The van der Waals surface area contributed by atoms with Crippen molar-refractivity contribution in [2.75, 3.05) is 11.9 Å². The predicted molar refractivity (Wildman–Crippen MR) is 126 cm³/mol. The third kappa shape index (κ3) is 7.89. The number of hydrogen-bond donors (Lipinski definition) is 3. The highest BCUT2D eigenvalue weighted by Gasteiger charge is 2.14. The molecule has 3 unspecified atom stereocenters. The van der Waals surface area contributed by atoms with E-state index >= 15 is 0 Å². The fourth-order valence-corrected chi connectivity index (χ4v) is 2.98. The van der Waals surface area contributed by atoms with Crippen molar-refractivity contribution in [3.05, 3.63) is 65.7 Å². The molecule has 0 saturated carbocycles. The molecule has 2 aromatic carbocycles. The molecule has 2 rings (SSSR count).